The maximum atomic E-state index is 12.5. The van der Waals surface area contributed by atoms with Crippen LogP contribution in [0.2, 0.25) is 0 Å². The van der Waals surface area contributed by atoms with E-state index < -0.39 is 5.97 Å². The van der Waals surface area contributed by atoms with E-state index in [0.29, 0.717) is 29.1 Å². The molecule has 0 spiro atoms. The van der Waals surface area contributed by atoms with E-state index in [1.165, 1.54) is 12.7 Å². The second-order valence-corrected chi connectivity index (χ2v) is 7.48. The van der Waals surface area contributed by atoms with E-state index in [1.54, 1.807) is 13.8 Å². The van der Waals surface area contributed by atoms with Gasteiger partial charge in [-0.05, 0) is 25.0 Å². The van der Waals surface area contributed by atoms with Crippen LogP contribution in [0.25, 0.3) is 0 Å². The quantitative estimate of drug-likeness (QED) is 0.698. The molecule has 156 valence electrons. The number of carbonyl (C=O) groups excluding carboxylic acids is 2. The normalized spacial score (nSPS) is 15.3. The minimum Gasteiger partial charge on any atom is -0.465 e. The predicted octanol–water partition coefficient (Wildman–Crippen LogP) is 1.97. The van der Waals surface area contributed by atoms with Crippen molar-refractivity contribution in [3.05, 3.63) is 58.4 Å². The third-order valence-electron chi connectivity index (χ3n) is 5.48. The number of nitrogens with zero attached hydrogens (tertiary/aromatic N) is 2. The second kappa shape index (κ2) is 9.71. The number of hydrogen-bond donors (Lipinski definition) is 2. The molecule has 1 amide bonds. The molecule has 0 radical (unpaired) electrons. The topological polar surface area (TPSA) is 77.7 Å². The Bertz CT molecular complexity index is 839. The van der Waals surface area contributed by atoms with Crippen LogP contribution in [0.4, 0.5) is 0 Å². The van der Waals surface area contributed by atoms with Crippen molar-refractivity contribution >= 4 is 11.9 Å². The molecule has 2 N–H and O–H groups in total. The number of nitrogens with one attached hydrogen (secondary N) is 2. The Hall–Kier alpha value is -2.64. The summed E-state index contributed by atoms with van der Waals surface area (Å²) in [6, 6.07) is 10.5. The van der Waals surface area contributed by atoms with Gasteiger partial charge < -0.3 is 15.0 Å². The van der Waals surface area contributed by atoms with Crippen molar-refractivity contribution in [1.82, 2.24) is 20.1 Å². The summed E-state index contributed by atoms with van der Waals surface area (Å²) in [6.45, 7) is 9.95. The van der Waals surface area contributed by atoms with Gasteiger partial charge in [0.1, 0.15) is 5.69 Å². The van der Waals surface area contributed by atoms with Gasteiger partial charge >= 0.3 is 5.97 Å². The van der Waals surface area contributed by atoms with Crippen LogP contribution in [-0.4, -0.2) is 73.0 Å². The molecule has 0 atom stereocenters. The Morgan fingerprint density at radius 1 is 1.07 bits per heavy atom. The van der Waals surface area contributed by atoms with Gasteiger partial charge in [0.15, 0.2) is 0 Å². The first kappa shape index (κ1) is 21.1. The number of aryl methyl sites for hydroxylation is 1. The van der Waals surface area contributed by atoms with Gasteiger partial charge in [-0.1, -0.05) is 30.3 Å². The summed E-state index contributed by atoms with van der Waals surface area (Å²) in [5.74, 6) is -0.618. The Kier molecular flexibility index (Phi) is 7.06. The van der Waals surface area contributed by atoms with Crippen molar-refractivity contribution in [2.75, 3.05) is 46.4 Å². The highest BCUT2D eigenvalue weighted by atomic mass is 16.5. The lowest BCUT2D eigenvalue weighted by Crippen LogP contribution is -2.48. The molecular weight excluding hydrogens is 368 g/mol. The van der Waals surface area contributed by atoms with Crippen molar-refractivity contribution < 1.29 is 14.3 Å². The highest BCUT2D eigenvalue weighted by molar-refractivity contribution is 6.00. The van der Waals surface area contributed by atoms with E-state index in [-0.39, 0.29) is 5.91 Å². The van der Waals surface area contributed by atoms with Gasteiger partial charge in [0.05, 0.1) is 12.7 Å². The number of aromatic amines is 1. The van der Waals surface area contributed by atoms with Crippen molar-refractivity contribution in [2.45, 2.75) is 20.4 Å². The zero-order chi connectivity index (χ0) is 20.8. The predicted molar refractivity (Wildman–Crippen MR) is 112 cm³/mol. The van der Waals surface area contributed by atoms with Crippen LogP contribution in [0.5, 0.6) is 0 Å². The fourth-order valence-corrected chi connectivity index (χ4v) is 3.81. The number of benzene rings is 1. The Morgan fingerprint density at radius 3 is 2.38 bits per heavy atom. The summed E-state index contributed by atoms with van der Waals surface area (Å²) in [6.07, 6.45) is 0. The molecule has 0 unspecified atom stereocenters. The molecule has 1 fully saturated rings. The Balaban J connectivity index is 1.43. The number of piperazine rings is 1. The van der Waals surface area contributed by atoms with E-state index in [0.717, 1.165) is 39.3 Å². The number of aromatic nitrogens is 1. The Labute approximate surface area is 172 Å². The average Bonchev–Trinajstić information content (AvgIpc) is 3.03. The van der Waals surface area contributed by atoms with Gasteiger partial charge in [-0.25, -0.2) is 4.79 Å². The smallest absolute Gasteiger partial charge is 0.339 e. The summed E-state index contributed by atoms with van der Waals surface area (Å²) in [7, 11) is 1.34. The maximum absolute atomic E-state index is 12.5. The molecule has 1 saturated heterocycles. The van der Waals surface area contributed by atoms with Crippen molar-refractivity contribution in [2.24, 2.45) is 0 Å². The molecule has 1 aliphatic rings. The zero-order valence-corrected chi connectivity index (χ0v) is 17.5. The molecule has 2 heterocycles. The maximum Gasteiger partial charge on any atom is 0.339 e. The summed E-state index contributed by atoms with van der Waals surface area (Å²) >= 11 is 0. The van der Waals surface area contributed by atoms with Crippen LogP contribution in [0, 0.1) is 13.8 Å². The number of H-pyrrole nitrogens is 1. The first-order valence-electron chi connectivity index (χ1n) is 10.0. The molecule has 2 aromatic rings. The summed E-state index contributed by atoms with van der Waals surface area (Å²) in [4.78, 5) is 32.2. The number of hydrogen-bond acceptors (Lipinski definition) is 5. The lowest BCUT2D eigenvalue weighted by atomic mass is 10.1. The van der Waals surface area contributed by atoms with Gasteiger partial charge in [0.25, 0.3) is 5.91 Å². The van der Waals surface area contributed by atoms with Crippen molar-refractivity contribution in [1.29, 1.82) is 0 Å². The molecule has 1 aliphatic heterocycles. The van der Waals surface area contributed by atoms with E-state index in [1.807, 2.05) is 6.07 Å². The van der Waals surface area contributed by atoms with Crippen molar-refractivity contribution in [3.63, 3.8) is 0 Å². The third-order valence-corrected chi connectivity index (χ3v) is 5.48. The van der Waals surface area contributed by atoms with Gasteiger partial charge in [0, 0.05) is 51.5 Å². The van der Waals surface area contributed by atoms with Gasteiger partial charge in [-0.2, -0.15) is 0 Å². The molecule has 0 saturated carbocycles. The molecule has 0 bridgehead atoms. The monoisotopic (exact) mass is 398 g/mol. The van der Waals surface area contributed by atoms with E-state index >= 15 is 0 Å². The first-order chi connectivity index (χ1) is 14.0. The molecule has 7 nitrogen and oxygen atoms in total. The number of ether oxygens (including phenoxy) is 1. The third kappa shape index (κ3) is 5.25. The van der Waals surface area contributed by atoms with Crippen LogP contribution in [0.3, 0.4) is 0 Å². The lowest BCUT2D eigenvalue weighted by Gasteiger charge is -2.34. The molecular formula is C22H30N4O3. The van der Waals surface area contributed by atoms with Crippen LogP contribution >= 0.6 is 0 Å². The molecule has 7 heteroatoms. The van der Waals surface area contributed by atoms with E-state index in [2.05, 4.69) is 44.4 Å². The molecule has 29 heavy (non-hydrogen) atoms. The minimum absolute atomic E-state index is 0.191. The van der Waals surface area contributed by atoms with Crippen LogP contribution in [-0.2, 0) is 11.3 Å². The van der Waals surface area contributed by atoms with Crippen molar-refractivity contribution in [3.8, 4) is 0 Å². The second-order valence-electron chi connectivity index (χ2n) is 7.48. The molecule has 1 aromatic carbocycles. The van der Waals surface area contributed by atoms with Gasteiger partial charge in [-0.15, -0.1) is 0 Å². The number of carbonyl (C=O) groups is 2. The number of rotatable bonds is 7. The first-order valence-corrected chi connectivity index (χ1v) is 10.0. The van der Waals surface area contributed by atoms with E-state index in [9.17, 15) is 9.59 Å². The minimum atomic E-state index is -0.427. The van der Waals surface area contributed by atoms with E-state index in [4.69, 9.17) is 4.74 Å². The average molecular weight is 399 g/mol. The summed E-state index contributed by atoms with van der Waals surface area (Å²) in [5, 5.41) is 2.96. The van der Waals surface area contributed by atoms with Gasteiger partial charge in [0.2, 0.25) is 0 Å². The summed E-state index contributed by atoms with van der Waals surface area (Å²) in [5.41, 5.74) is 3.48. The highest BCUT2D eigenvalue weighted by Crippen LogP contribution is 2.18. The number of esters is 1. The van der Waals surface area contributed by atoms with Crippen LogP contribution in [0.15, 0.2) is 30.3 Å². The SMILES string of the molecule is COC(=O)c1c(C)[nH]c(C(=O)NCCN2CCN(Cc3ccccc3)CC2)c1C. The largest absolute Gasteiger partial charge is 0.465 e. The number of amides is 1. The van der Waals surface area contributed by atoms with Crippen LogP contribution in [0.1, 0.15) is 37.7 Å². The lowest BCUT2D eigenvalue weighted by molar-refractivity contribution is 0.0599. The zero-order valence-electron chi connectivity index (χ0n) is 17.5. The molecule has 0 aliphatic carbocycles. The fraction of sp³-hybridized carbons (Fsp3) is 0.455. The summed E-state index contributed by atoms with van der Waals surface area (Å²) < 4.78 is 4.80. The Morgan fingerprint density at radius 2 is 1.72 bits per heavy atom. The molecule has 1 aromatic heterocycles. The number of methoxy groups -OCH3 is 1. The standard InChI is InChI=1S/C22H30N4O3/c1-16-19(22(28)29-3)17(2)24-20(16)21(27)23-9-10-25-11-13-26(14-12-25)15-18-7-5-4-6-8-18/h4-8,24H,9-15H2,1-3H3,(H,23,27). The molecule has 3 rings (SSSR count). The fourth-order valence-electron chi connectivity index (χ4n) is 3.81. The highest BCUT2D eigenvalue weighted by Gasteiger charge is 2.22. The van der Waals surface area contributed by atoms with Gasteiger partial charge in [-0.3, -0.25) is 14.6 Å². The van der Waals surface area contributed by atoms with Crippen LogP contribution < -0.4 is 5.32 Å².